The SMILES string of the molecule is Cc1cc(C(=O)O)nn1CC/C=C/c1ccccc1. The average molecular weight is 256 g/mol. The summed E-state index contributed by atoms with van der Waals surface area (Å²) in [6, 6.07) is 11.6. The van der Waals surface area contributed by atoms with E-state index < -0.39 is 5.97 Å². The van der Waals surface area contributed by atoms with Crippen LogP contribution in [0.4, 0.5) is 0 Å². The van der Waals surface area contributed by atoms with Gasteiger partial charge < -0.3 is 5.11 Å². The van der Waals surface area contributed by atoms with Crippen molar-refractivity contribution in [1.29, 1.82) is 0 Å². The van der Waals surface area contributed by atoms with E-state index in [1.54, 1.807) is 10.7 Å². The molecule has 2 aromatic rings. The highest BCUT2D eigenvalue weighted by atomic mass is 16.4. The Bertz CT molecular complexity index is 585. The second kappa shape index (κ2) is 6.00. The summed E-state index contributed by atoms with van der Waals surface area (Å²) >= 11 is 0. The summed E-state index contributed by atoms with van der Waals surface area (Å²) in [7, 11) is 0. The van der Waals surface area contributed by atoms with Crippen molar-refractivity contribution in [3.05, 3.63) is 59.4 Å². The standard InChI is InChI=1S/C15H16N2O2/c1-12-11-14(15(18)19)16-17(12)10-6-5-9-13-7-3-2-4-8-13/h2-5,7-9,11H,6,10H2,1H3,(H,18,19)/b9-5+. The van der Waals surface area contributed by atoms with Crippen LogP contribution in [0, 0.1) is 6.92 Å². The molecule has 0 amide bonds. The number of aromatic nitrogens is 2. The average Bonchev–Trinajstić information content (AvgIpc) is 2.78. The minimum Gasteiger partial charge on any atom is -0.476 e. The molecule has 0 spiro atoms. The van der Waals surface area contributed by atoms with Crippen LogP contribution >= 0.6 is 0 Å². The van der Waals surface area contributed by atoms with Crippen LogP contribution in [0.5, 0.6) is 0 Å². The summed E-state index contributed by atoms with van der Waals surface area (Å²) in [6.45, 7) is 2.54. The molecule has 0 saturated heterocycles. The summed E-state index contributed by atoms with van der Waals surface area (Å²) in [5.74, 6) is -0.985. The van der Waals surface area contributed by atoms with Crippen LogP contribution in [0.25, 0.3) is 6.08 Å². The summed E-state index contributed by atoms with van der Waals surface area (Å²) in [6.07, 6.45) is 4.93. The Labute approximate surface area is 112 Å². The van der Waals surface area contributed by atoms with Gasteiger partial charge in [-0.05, 0) is 25.0 Å². The van der Waals surface area contributed by atoms with Gasteiger partial charge in [0.15, 0.2) is 5.69 Å². The van der Waals surface area contributed by atoms with Crippen molar-refractivity contribution in [1.82, 2.24) is 9.78 Å². The molecule has 0 atom stereocenters. The van der Waals surface area contributed by atoms with Gasteiger partial charge in [-0.2, -0.15) is 5.10 Å². The van der Waals surface area contributed by atoms with Crippen molar-refractivity contribution in [2.75, 3.05) is 0 Å². The molecule has 4 heteroatoms. The minimum absolute atomic E-state index is 0.101. The van der Waals surface area contributed by atoms with Gasteiger partial charge in [0.05, 0.1) is 0 Å². The van der Waals surface area contributed by atoms with Crippen LogP contribution in [0.15, 0.2) is 42.5 Å². The molecule has 0 aliphatic carbocycles. The number of aromatic carboxylic acids is 1. The summed E-state index contributed by atoms with van der Waals surface area (Å²) in [4.78, 5) is 10.8. The number of carboxylic acid groups (broad SMARTS) is 1. The number of hydrogen-bond donors (Lipinski definition) is 1. The highest BCUT2D eigenvalue weighted by molar-refractivity contribution is 5.85. The Balaban J connectivity index is 1.92. The van der Waals surface area contributed by atoms with E-state index in [2.05, 4.69) is 17.3 Å². The van der Waals surface area contributed by atoms with Gasteiger partial charge in [0.2, 0.25) is 0 Å². The Morgan fingerprint density at radius 2 is 2.11 bits per heavy atom. The van der Waals surface area contributed by atoms with E-state index in [1.165, 1.54) is 0 Å². The molecule has 0 saturated carbocycles. The van der Waals surface area contributed by atoms with E-state index in [9.17, 15) is 4.79 Å². The van der Waals surface area contributed by atoms with Crippen LogP contribution < -0.4 is 0 Å². The topological polar surface area (TPSA) is 55.1 Å². The number of rotatable bonds is 5. The summed E-state index contributed by atoms with van der Waals surface area (Å²) < 4.78 is 1.72. The van der Waals surface area contributed by atoms with Crippen LogP contribution in [0.2, 0.25) is 0 Å². The van der Waals surface area contributed by atoms with Crippen molar-refractivity contribution in [2.45, 2.75) is 19.9 Å². The zero-order chi connectivity index (χ0) is 13.7. The fraction of sp³-hybridized carbons (Fsp3) is 0.200. The zero-order valence-electron chi connectivity index (χ0n) is 10.8. The Kier molecular flexibility index (Phi) is 4.13. The van der Waals surface area contributed by atoms with Gasteiger partial charge >= 0.3 is 5.97 Å². The third-order valence-electron chi connectivity index (χ3n) is 2.82. The van der Waals surface area contributed by atoms with Crippen LogP contribution in [-0.2, 0) is 6.54 Å². The fourth-order valence-electron chi connectivity index (χ4n) is 1.82. The minimum atomic E-state index is -0.985. The van der Waals surface area contributed by atoms with E-state index in [0.717, 1.165) is 17.7 Å². The zero-order valence-corrected chi connectivity index (χ0v) is 10.8. The second-order valence-corrected chi connectivity index (χ2v) is 4.30. The van der Waals surface area contributed by atoms with Gasteiger partial charge in [0.1, 0.15) is 0 Å². The quantitative estimate of drug-likeness (QED) is 0.894. The fourth-order valence-corrected chi connectivity index (χ4v) is 1.82. The largest absolute Gasteiger partial charge is 0.476 e. The second-order valence-electron chi connectivity index (χ2n) is 4.30. The molecule has 0 aliphatic rings. The van der Waals surface area contributed by atoms with E-state index in [4.69, 9.17) is 5.11 Å². The van der Waals surface area contributed by atoms with Crippen LogP contribution in [-0.4, -0.2) is 20.9 Å². The van der Waals surface area contributed by atoms with Gasteiger partial charge in [-0.1, -0.05) is 42.5 Å². The first-order chi connectivity index (χ1) is 9.16. The predicted octanol–water partition coefficient (Wildman–Crippen LogP) is 2.99. The molecule has 1 aromatic heterocycles. The number of aryl methyl sites for hydroxylation is 2. The monoisotopic (exact) mass is 256 g/mol. The van der Waals surface area contributed by atoms with Gasteiger partial charge in [0.25, 0.3) is 0 Å². The molecule has 1 N–H and O–H groups in total. The molecule has 1 heterocycles. The lowest BCUT2D eigenvalue weighted by atomic mass is 10.2. The third-order valence-corrected chi connectivity index (χ3v) is 2.82. The molecule has 0 aliphatic heterocycles. The first-order valence-electron chi connectivity index (χ1n) is 6.16. The number of carboxylic acids is 1. The smallest absolute Gasteiger partial charge is 0.356 e. The van der Waals surface area contributed by atoms with Crippen molar-refractivity contribution >= 4 is 12.0 Å². The van der Waals surface area contributed by atoms with Crippen LogP contribution in [0.1, 0.15) is 28.2 Å². The third kappa shape index (κ3) is 3.55. The van der Waals surface area contributed by atoms with E-state index in [1.807, 2.05) is 37.3 Å². The molecule has 0 unspecified atom stereocenters. The van der Waals surface area contributed by atoms with E-state index >= 15 is 0 Å². The number of allylic oxidation sites excluding steroid dienone is 1. The van der Waals surface area contributed by atoms with Crippen LogP contribution in [0.3, 0.4) is 0 Å². The van der Waals surface area contributed by atoms with Crippen molar-refractivity contribution < 1.29 is 9.90 Å². The van der Waals surface area contributed by atoms with Gasteiger partial charge in [-0.15, -0.1) is 0 Å². The maximum atomic E-state index is 10.8. The molecule has 0 fully saturated rings. The molecular formula is C15H16N2O2. The summed E-state index contributed by atoms with van der Waals surface area (Å²) in [5.41, 5.74) is 2.13. The Morgan fingerprint density at radius 1 is 1.37 bits per heavy atom. The van der Waals surface area contributed by atoms with Crippen molar-refractivity contribution in [3.63, 3.8) is 0 Å². The molecule has 4 nitrogen and oxygen atoms in total. The maximum absolute atomic E-state index is 10.8. The molecule has 0 radical (unpaired) electrons. The number of nitrogens with zero attached hydrogens (tertiary/aromatic N) is 2. The molecular weight excluding hydrogens is 240 g/mol. The highest BCUT2D eigenvalue weighted by Crippen LogP contribution is 2.06. The maximum Gasteiger partial charge on any atom is 0.356 e. The normalized spacial score (nSPS) is 11.0. The summed E-state index contributed by atoms with van der Waals surface area (Å²) in [5, 5.41) is 12.9. The van der Waals surface area contributed by atoms with Crippen molar-refractivity contribution in [3.8, 4) is 0 Å². The van der Waals surface area contributed by atoms with E-state index in [-0.39, 0.29) is 5.69 Å². The Morgan fingerprint density at radius 3 is 2.74 bits per heavy atom. The van der Waals surface area contributed by atoms with Crippen molar-refractivity contribution in [2.24, 2.45) is 0 Å². The molecule has 2 rings (SSSR count). The lowest BCUT2D eigenvalue weighted by Gasteiger charge is -2.00. The highest BCUT2D eigenvalue weighted by Gasteiger charge is 2.09. The first kappa shape index (κ1) is 13.1. The number of hydrogen-bond acceptors (Lipinski definition) is 2. The van der Waals surface area contributed by atoms with Gasteiger partial charge in [-0.25, -0.2) is 4.79 Å². The first-order valence-corrected chi connectivity index (χ1v) is 6.16. The molecule has 0 bridgehead atoms. The Hall–Kier alpha value is -2.36. The van der Waals surface area contributed by atoms with Gasteiger partial charge in [0, 0.05) is 12.2 Å². The molecule has 19 heavy (non-hydrogen) atoms. The number of carbonyl (C=O) groups is 1. The van der Waals surface area contributed by atoms with Gasteiger partial charge in [-0.3, -0.25) is 4.68 Å². The van der Waals surface area contributed by atoms with E-state index in [0.29, 0.717) is 6.54 Å². The lowest BCUT2D eigenvalue weighted by molar-refractivity contribution is 0.0689. The molecule has 1 aromatic carbocycles. The number of benzene rings is 1. The lowest BCUT2D eigenvalue weighted by Crippen LogP contribution is -2.04. The molecule has 98 valence electrons. The predicted molar refractivity (Wildman–Crippen MR) is 74.0 cm³/mol.